The Balaban J connectivity index is 1.96. The average molecular weight is 353 g/mol. The molecule has 5 heteroatoms. The number of rotatable bonds is 4. The van der Waals surface area contributed by atoms with Crippen molar-refractivity contribution < 1.29 is 4.79 Å². The van der Waals surface area contributed by atoms with Crippen molar-refractivity contribution in [3.63, 3.8) is 0 Å². The summed E-state index contributed by atoms with van der Waals surface area (Å²) in [6.45, 7) is 2.00. The number of thiazole rings is 1. The lowest BCUT2D eigenvalue weighted by atomic mass is 9.99. The number of aromatic nitrogens is 1. The fourth-order valence-electron chi connectivity index (χ4n) is 2.45. The lowest BCUT2D eigenvalue weighted by Gasteiger charge is -2.07. The Morgan fingerprint density at radius 1 is 1.21 bits per heavy atom. The van der Waals surface area contributed by atoms with E-state index in [1.54, 1.807) is 24.3 Å². The second-order valence-corrected chi connectivity index (χ2v) is 6.59. The van der Waals surface area contributed by atoms with Crippen molar-refractivity contribution in [3.05, 3.63) is 75.1 Å². The number of ketones is 1. The molecule has 0 saturated carbocycles. The van der Waals surface area contributed by atoms with Crippen LogP contribution in [0.1, 0.15) is 26.8 Å². The topological polar surface area (TPSA) is 53.8 Å². The maximum Gasteiger partial charge on any atom is 0.188 e. The highest BCUT2D eigenvalue weighted by molar-refractivity contribution is 7.10. The summed E-state index contributed by atoms with van der Waals surface area (Å²) in [7, 11) is 0. The van der Waals surface area contributed by atoms with E-state index in [4.69, 9.17) is 11.6 Å². The molecule has 1 atom stereocenters. The Bertz CT molecular complexity index is 942. The third-order valence-electron chi connectivity index (χ3n) is 3.72. The van der Waals surface area contributed by atoms with Gasteiger partial charge in [-0.1, -0.05) is 48.0 Å². The summed E-state index contributed by atoms with van der Waals surface area (Å²) in [5.74, 6) is -1.28. The second-order valence-electron chi connectivity index (χ2n) is 5.29. The van der Waals surface area contributed by atoms with Crippen LogP contribution in [0, 0.1) is 18.3 Å². The summed E-state index contributed by atoms with van der Waals surface area (Å²) in [5, 5.41) is 12.2. The van der Waals surface area contributed by atoms with Crippen molar-refractivity contribution >= 4 is 28.7 Å². The first-order valence-electron chi connectivity index (χ1n) is 7.31. The van der Waals surface area contributed by atoms with Crippen LogP contribution in [0.3, 0.4) is 0 Å². The SMILES string of the molecule is Cc1ccccc1-c1csc(C(C#N)C(=O)c2ccccc2Cl)n1. The zero-order valence-corrected chi connectivity index (χ0v) is 14.4. The number of benzene rings is 2. The Morgan fingerprint density at radius 3 is 2.62 bits per heavy atom. The highest BCUT2D eigenvalue weighted by atomic mass is 35.5. The van der Waals surface area contributed by atoms with Gasteiger partial charge in [0.25, 0.3) is 0 Å². The second kappa shape index (κ2) is 6.96. The molecular formula is C19H13ClN2OS. The number of hydrogen-bond donors (Lipinski definition) is 0. The Hall–Kier alpha value is -2.48. The van der Waals surface area contributed by atoms with E-state index in [1.165, 1.54) is 11.3 Å². The fourth-order valence-corrected chi connectivity index (χ4v) is 3.53. The van der Waals surface area contributed by atoms with E-state index in [1.807, 2.05) is 36.6 Å². The molecule has 0 aliphatic heterocycles. The number of nitriles is 1. The normalized spacial score (nSPS) is 11.7. The zero-order valence-electron chi connectivity index (χ0n) is 12.9. The monoisotopic (exact) mass is 352 g/mol. The molecule has 0 saturated heterocycles. The number of aryl methyl sites for hydroxylation is 1. The number of halogens is 1. The van der Waals surface area contributed by atoms with E-state index in [0.717, 1.165) is 16.8 Å². The lowest BCUT2D eigenvalue weighted by molar-refractivity contribution is 0.0979. The molecule has 0 aliphatic rings. The van der Waals surface area contributed by atoms with Gasteiger partial charge in [-0.25, -0.2) is 4.98 Å². The largest absolute Gasteiger partial charge is 0.292 e. The van der Waals surface area contributed by atoms with E-state index < -0.39 is 5.92 Å². The number of carbonyl (C=O) groups is 1. The lowest BCUT2D eigenvalue weighted by Crippen LogP contribution is -2.11. The van der Waals surface area contributed by atoms with E-state index in [9.17, 15) is 10.1 Å². The smallest absolute Gasteiger partial charge is 0.188 e. The van der Waals surface area contributed by atoms with Gasteiger partial charge >= 0.3 is 0 Å². The quantitative estimate of drug-likeness (QED) is 0.601. The molecule has 0 amide bonds. The molecule has 24 heavy (non-hydrogen) atoms. The van der Waals surface area contributed by atoms with Crippen molar-refractivity contribution in [3.8, 4) is 17.3 Å². The summed E-state index contributed by atoms with van der Waals surface area (Å²) in [6.07, 6.45) is 0. The van der Waals surface area contributed by atoms with Crippen LogP contribution in [0.2, 0.25) is 5.02 Å². The molecule has 1 aromatic heterocycles. The number of hydrogen-bond acceptors (Lipinski definition) is 4. The van der Waals surface area contributed by atoms with Gasteiger partial charge in [0.05, 0.1) is 16.8 Å². The molecule has 0 spiro atoms. The molecule has 1 unspecified atom stereocenters. The first-order chi connectivity index (χ1) is 11.6. The summed E-state index contributed by atoms with van der Waals surface area (Å²) in [5.41, 5.74) is 3.22. The molecule has 0 aliphatic carbocycles. The fraction of sp³-hybridized carbons (Fsp3) is 0.105. The van der Waals surface area contributed by atoms with Crippen LogP contribution in [0.4, 0.5) is 0 Å². The third-order valence-corrected chi connectivity index (χ3v) is 4.96. The van der Waals surface area contributed by atoms with Gasteiger partial charge < -0.3 is 0 Å². The van der Waals surface area contributed by atoms with Crippen molar-refractivity contribution in [2.75, 3.05) is 0 Å². The highest BCUT2D eigenvalue weighted by Gasteiger charge is 2.26. The highest BCUT2D eigenvalue weighted by Crippen LogP contribution is 2.31. The van der Waals surface area contributed by atoms with Gasteiger partial charge in [0, 0.05) is 16.5 Å². The van der Waals surface area contributed by atoms with Gasteiger partial charge in [0.2, 0.25) is 0 Å². The molecule has 0 radical (unpaired) electrons. The first-order valence-corrected chi connectivity index (χ1v) is 8.57. The van der Waals surface area contributed by atoms with Crippen molar-refractivity contribution in [1.29, 1.82) is 5.26 Å². The minimum atomic E-state index is -0.951. The number of carbonyl (C=O) groups excluding carboxylic acids is 1. The minimum Gasteiger partial charge on any atom is -0.292 e. The van der Waals surface area contributed by atoms with Crippen LogP contribution in [-0.4, -0.2) is 10.8 Å². The van der Waals surface area contributed by atoms with Gasteiger partial charge in [0.15, 0.2) is 11.7 Å². The molecule has 3 nitrogen and oxygen atoms in total. The molecule has 1 heterocycles. The molecule has 3 rings (SSSR count). The molecule has 2 aromatic carbocycles. The molecule has 118 valence electrons. The standard InChI is InChI=1S/C19H13ClN2OS/c1-12-6-2-3-7-13(12)17-11-24-19(22-17)15(10-21)18(23)14-8-4-5-9-16(14)20/h2-9,11,15H,1H3. The maximum absolute atomic E-state index is 12.7. The van der Waals surface area contributed by atoms with E-state index in [2.05, 4.69) is 11.1 Å². The average Bonchev–Trinajstić information content (AvgIpc) is 3.05. The van der Waals surface area contributed by atoms with Crippen LogP contribution >= 0.6 is 22.9 Å². The molecule has 3 aromatic rings. The predicted octanol–water partition coefficient (Wildman–Crippen LogP) is 5.26. The molecule has 0 bridgehead atoms. The zero-order chi connectivity index (χ0) is 17.1. The Labute approximate surface area is 149 Å². The van der Waals surface area contributed by atoms with Gasteiger partial charge in [-0.15, -0.1) is 11.3 Å². The van der Waals surface area contributed by atoms with E-state index in [0.29, 0.717) is 15.6 Å². The molecule has 0 fully saturated rings. The summed E-state index contributed by atoms with van der Waals surface area (Å²) < 4.78 is 0. The minimum absolute atomic E-state index is 0.325. The van der Waals surface area contributed by atoms with Crippen molar-refractivity contribution in [1.82, 2.24) is 4.98 Å². The van der Waals surface area contributed by atoms with Gasteiger partial charge in [-0.3, -0.25) is 4.79 Å². The van der Waals surface area contributed by atoms with Crippen LogP contribution < -0.4 is 0 Å². The van der Waals surface area contributed by atoms with Crippen LogP contribution in [-0.2, 0) is 0 Å². The van der Waals surface area contributed by atoms with Crippen molar-refractivity contribution in [2.45, 2.75) is 12.8 Å². The first kappa shape index (κ1) is 16.4. The van der Waals surface area contributed by atoms with Gasteiger partial charge in [-0.05, 0) is 24.6 Å². The van der Waals surface area contributed by atoms with Gasteiger partial charge in [-0.2, -0.15) is 5.26 Å². The van der Waals surface area contributed by atoms with Crippen LogP contribution in [0.15, 0.2) is 53.9 Å². The number of nitrogens with zero attached hydrogens (tertiary/aromatic N) is 2. The van der Waals surface area contributed by atoms with E-state index in [-0.39, 0.29) is 5.78 Å². The maximum atomic E-state index is 12.7. The van der Waals surface area contributed by atoms with E-state index >= 15 is 0 Å². The third kappa shape index (κ3) is 3.09. The van der Waals surface area contributed by atoms with Gasteiger partial charge in [0.1, 0.15) is 5.01 Å². The Morgan fingerprint density at radius 2 is 1.92 bits per heavy atom. The predicted molar refractivity (Wildman–Crippen MR) is 96.4 cm³/mol. The molecular weight excluding hydrogens is 340 g/mol. The summed E-state index contributed by atoms with van der Waals surface area (Å²) in [6, 6.07) is 16.7. The molecule has 0 N–H and O–H groups in total. The number of Topliss-reactive ketones (excluding diaryl/α,β-unsaturated/α-hetero) is 1. The summed E-state index contributed by atoms with van der Waals surface area (Å²) in [4.78, 5) is 17.2. The van der Waals surface area contributed by atoms with Crippen LogP contribution in [0.25, 0.3) is 11.3 Å². The Kier molecular flexibility index (Phi) is 4.75. The van der Waals surface area contributed by atoms with Crippen molar-refractivity contribution in [2.24, 2.45) is 0 Å². The van der Waals surface area contributed by atoms with Crippen LogP contribution in [0.5, 0.6) is 0 Å². The summed E-state index contributed by atoms with van der Waals surface area (Å²) >= 11 is 7.40.